The molecule has 1 aromatic rings. The van der Waals surface area contributed by atoms with Gasteiger partial charge < -0.3 is 10.5 Å². The van der Waals surface area contributed by atoms with Crippen LogP contribution in [0.5, 0.6) is 0 Å². The van der Waals surface area contributed by atoms with Crippen molar-refractivity contribution >= 4 is 5.91 Å². The fourth-order valence-electron chi connectivity index (χ4n) is 1.55. The third-order valence-electron chi connectivity index (χ3n) is 2.46. The lowest BCUT2D eigenvalue weighted by Gasteiger charge is -2.11. The molecule has 1 atom stereocenters. The van der Waals surface area contributed by atoms with Crippen LogP contribution in [0.15, 0.2) is 30.3 Å². The van der Waals surface area contributed by atoms with E-state index in [-0.39, 0.29) is 5.91 Å². The van der Waals surface area contributed by atoms with Gasteiger partial charge in [0.25, 0.3) is 0 Å². The number of benzene rings is 1. The van der Waals surface area contributed by atoms with E-state index in [1.54, 1.807) is 0 Å². The summed E-state index contributed by atoms with van der Waals surface area (Å²) in [5.41, 5.74) is 6.47. The highest BCUT2D eigenvalue weighted by Gasteiger charge is 2.12. The monoisotopic (exact) mass is 221 g/mol. The lowest BCUT2D eigenvalue weighted by molar-refractivity contribution is -0.129. The number of carbonyl (C=O) groups is 1. The van der Waals surface area contributed by atoms with Crippen molar-refractivity contribution in [2.24, 2.45) is 5.73 Å². The fourth-order valence-corrected chi connectivity index (χ4v) is 1.55. The normalized spacial score (nSPS) is 12.3. The Morgan fingerprint density at radius 1 is 1.38 bits per heavy atom. The maximum absolute atomic E-state index is 10.9. The van der Waals surface area contributed by atoms with Crippen molar-refractivity contribution in [1.29, 1.82) is 0 Å². The van der Waals surface area contributed by atoms with Gasteiger partial charge in [0.15, 0.2) is 0 Å². The summed E-state index contributed by atoms with van der Waals surface area (Å²) in [4.78, 5) is 10.9. The van der Waals surface area contributed by atoms with Gasteiger partial charge >= 0.3 is 0 Å². The summed E-state index contributed by atoms with van der Waals surface area (Å²) in [5, 5.41) is 0. The molecule has 1 aromatic carbocycles. The van der Waals surface area contributed by atoms with Crippen LogP contribution in [0.3, 0.4) is 0 Å². The lowest BCUT2D eigenvalue weighted by atomic mass is 10.1. The van der Waals surface area contributed by atoms with Gasteiger partial charge in [0, 0.05) is 6.61 Å². The van der Waals surface area contributed by atoms with E-state index < -0.39 is 6.10 Å². The zero-order chi connectivity index (χ0) is 11.8. The van der Waals surface area contributed by atoms with Crippen molar-refractivity contribution in [2.45, 2.75) is 32.3 Å². The second-order valence-corrected chi connectivity index (χ2v) is 3.76. The SMILES string of the molecule is CCC(OCCCc1ccccc1)C(N)=O. The maximum Gasteiger partial charge on any atom is 0.246 e. The smallest absolute Gasteiger partial charge is 0.246 e. The molecule has 2 N–H and O–H groups in total. The highest BCUT2D eigenvalue weighted by atomic mass is 16.5. The van der Waals surface area contributed by atoms with Crippen LogP contribution in [0.4, 0.5) is 0 Å². The van der Waals surface area contributed by atoms with Crippen molar-refractivity contribution in [3.8, 4) is 0 Å². The molecule has 0 heterocycles. The molecule has 3 nitrogen and oxygen atoms in total. The molecule has 0 aliphatic heterocycles. The average molecular weight is 221 g/mol. The van der Waals surface area contributed by atoms with Gasteiger partial charge in [-0.05, 0) is 24.8 Å². The van der Waals surface area contributed by atoms with E-state index >= 15 is 0 Å². The van der Waals surface area contributed by atoms with Gasteiger partial charge in [-0.1, -0.05) is 37.3 Å². The molecule has 1 rings (SSSR count). The molecule has 0 aliphatic carbocycles. The molecule has 1 unspecified atom stereocenters. The maximum atomic E-state index is 10.9. The Hall–Kier alpha value is -1.35. The molecule has 88 valence electrons. The summed E-state index contributed by atoms with van der Waals surface area (Å²) in [6, 6.07) is 10.2. The number of amides is 1. The van der Waals surface area contributed by atoms with Crippen LogP contribution >= 0.6 is 0 Å². The molecule has 1 amide bonds. The highest BCUT2D eigenvalue weighted by molar-refractivity contribution is 5.78. The van der Waals surface area contributed by atoms with Crippen LogP contribution in [0.25, 0.3) is 0 Å². The van der Waals surface area contributed by atoms with Gasteiger partial charge in [-0.3, -0.25) is 4.79 Å². The topological polar surface area (TPSA) is 52.3 Å². The van der Waals surface area contributed by atoms with E-state index in [1.165, 1.54) is 5.56 Å². The number of hydrogen-bond acceptors (Lipinski definition) is 2. The number of primary amides is 1. The molecule has 0 spiro atoms. The Kier molecular flexibility index (Phi) is 5.57. The molecule has 3 heteroatoms. The first-order valence-corrected chi connectivity index (χ1v) is 5.69. The van der Waals surface area contributed by atoms with Gasteiger partial charge in [0.05, 0.1) is 0 Å². The van der Waals surface area contributed by atoms with Crippen LogP contribution < -0.4 is 5.73 Å². The number of aryl methyl sites for hydroxylation is 1. The summed E-state index contributed by atoms with van der Waals surface area (Å²) in [7, 11) is 0. The Morgan fingerprint density at radius 2 is 2.06 bits per heavy atom. The molecular formula is C13H19NO2. The highest BCUT2D eigenvalue weighted by Crippen LogP contribution is 2.04. The first-order chi connectivity index (χ1) is 7.74. The van der Waals surface area contributed by atoms with Gasteiger partial charge in [0.1, 0.15) is 6.10 Å². The van der Waals surface area contributed by atoms with E-state index in [2.05, 4.69) is 12.1 Å². The third-order valence-corrected chi connectivity index (χ3v) is 2.46. The Balaban J connectivity index is 2.19. The molecule has 0 fully saturated rings. The van der Waals surface area contributed by atoms with Crippen molar-refractivity contribution < 1.29 is 9.53 Å². The van der Waals surface area contributed by atoms with Crippen LogP contribution in [-0.4, -0.2) is 18.6 Å². The number of nitrogens with two attached hydrogens (primary N) is 1. The standard InChI is InChI=1S/C13H19NO2/c1-2-12(13(14)15)16-10-6-9-11-7-4-3-5-8-11/h3-5,7-8,12H,2,6,9-10H2,1H3,(H2,14,15). The molecular weight excluding hydrogens is 202 g/mol. The second-order valence-electron chi connectivity index (χ2n) is 3.76. The van der Waals surface area contributed by atoms with Crippen LogP contribution in [-0.2, 0) is 16.0 Å². The van der Waals surface area contributed by atoms with Crippen molar-refractivity contribution in [2.75, 3.05) is 6.61 Å². The van der Waals surface area contributed by atoms with E-state index in [1.807, 2.05) is 25.1 Å². The molecule has 0 aliphatic rings. The minimum atomic E-state index is -0.434. The minimum absolute atomic E-state index is 0.373. The Labute approximate surface area is 96.6 Å². The van der Waals surface area contributed by atoms with E-state index in [4.69, 9.17) is 10.5 Å². The first-order valence-electron chi connectivity index (χ1n) is 5.69. The number of carbonyl (C=O) groups excluding carboxylic acids is 1. The van der Waals surface area contributed by atoms with Gasteiger partial charge in [-0.25, -0.2) is 0 Å². The van der Waals surface area contributed by atoms with E-state index in [0.29, 0.717) is 13.0 Å². The predicted octanol–water partition coefficient (Wildman–Crippen LogP) is 1.90. The van der Waals surface area contributed by atoms with E-state index in [0.717, 1.165) is 12.8 Å². The molecule has 0 saturated heterocycles. The molecule has 0 radical (unpaired) electrons. The van der Waals surface area contributed by atoms with Crippen molar-refractivity contribution in [3.05, 3.63) is 35.9 Å². The second kappa shape index (κ2) is 7.01. The van der Waals surface area contributed by atoms with Gasteiger partial charge in [0.2, 0.25) is 5.91 Å². The molecule has 0 aromatic heterocycles. The zero-order valence-corrected chi connectivity index (χ0v) is 9.69. The quantitative estimate of drug-likeness (QED) is 0.715. The summed E-state index contributed by atoms with van der Waals surface area (Å²) in [5.74, 6) is -0.373. The third kappa shape index (κ3) is 4.45. The summed E-state index contributed by atoms with van der Waals surface area (Å²) in [6.07, 6.45) is 2.08. The summed E-state index contributed by atoms with van der Waals surface area (Å²) < 4.78 is 5.40. The predicted molar refractivity (Wildman–Crippen MR) is 64.0 cm³/mol. The average Bonchev–Trinajstić information content (AvgIpc) is 2.30. The largest absolute Gasteiger partial charge is 0.368 e. The first kappa shape index (κ1) is 12.7. The van der Waals surface area contributed by atoms with Crippen LogP contribution in [0.2, 0.25) is 0 Å². The Bertz CT molecular complexity index is 311. The van der Waals surface area contributed by atoms with Crippen molar-refractivity contribution in [3.63, 3.8) is 0 Å². The number of ether oxygens (including phenoxy) is 1. The summed E-state index contributed by atoms with van der Waals surface area (Å²) >= 11 is 0. The van der Waals surface area contributed by atoms with Crippen LogP contribution in [0.1, 0.15) is 25.3 Å². The van der Waals surface area contributed by atoms with Gasteiger partial charge in [-0.2, -0.15) is 0 Å². The van der Waals surface area contributed by atoms with Crippen molar-refractivity contribution in [1.82, 2.24) is 0 Å². The molecule has 0 bridgehead atoms. The van der Waals surface area contributed by atoms with Gasteiger partial charge in [-0.15, -0.1) is 0 Å². The number of rotatable bonds is 7. The molecule has 0 saturated carbocycles. The van der Waals surface area contributed by atoms with E-state index in [9.17, 15) is 4.79 Å². The van der Waals surface area contributed by atoms with Crippen LogP contribution in [0, 0.1) is 0 Å². The number of hydrogen-bond donors (Lipinski definition) is 1. The minimum Gasteiger partial charge on any atom is -0.368 e. The lowest BCUT2D eigenvalue weighted by Crippen LogP contribution is -2.30. The Morgan fingerprint density at radius 3 is 2.62 bits per heavy atom. The fraction of sp³-hybridized carbons (Fsp3) is 0.462. The zero-order valence-electron chi connectivity index (χ0n) is 9.69. The molecule has 16 heavy (non-hydrogen) atoms. The summed E-state index contributed by atoms with van der Waals surface area (Å²) in [6.45, 7) is 2.48.